The molecular weight excluding hydrogens is 360 g/mol. The van der Waals surface area contributed by atoms with Crippen molar-refractivity contribution in [2.75, 3.05) is 26.8 Å². The summed E-state index contributed by atoms with van der Waals surface area (Å²) in [5, 5.41) is 0. The molecule has 0 aromatic heterocycles. The zero-order valence-electron chi connectivity index (χ0n) is 16.3. The maximum Gasteiger partial charge on any atom is 0.335 e. The van der Waals surface area contributed by atoms with Crippen LogP contribution in [0.25, 0.3) is 0 Å². The van der Waals surface area contributed by atoms with Gasteiger partial charge in [0, 0.05) is 19.2 Å². The molecule has 0 bridgehead atoms. The highest BCUT2D eigenvalue weighted by molar-refractivity contribution is 5.89. The molecule has 1 aromatic carbocycles. The van der Waals surface area contributed by atoms with Gasteiger partial charge in [-0.1, -0.05) is 30.3 Å². The topological polar surface area (TPSA) is 68.3 Å². The maximum absolute atomic E-state index is 12.2. The minimum Gasteiger partial charge on any atom is -0.491 e. The molecule has 1 atom stereocenters. The second-order valence-corrected chi connectivity index (χ2v) is 6.78. The van der Waals surface area contributed by atoms with Gasteiger partial charge in [0.25, 0.3) is 0 Å². The first-order valence-corrected chi connectivity index (χ1v) is 9.37. The summed E-state index contributed by atoms with van der Waals surface area (Å²) in [6, 6.07) is 9.86. The molecule has 150 valence electrons. The van der Waals surface area contributed by atoms with E-state index in [-0.39, 0.29) is 6.23 Å². The lowest BCUT2D eigenvalue weighted by molar-refractivity contribution is -0.143. The third-order valence-electron chi connectivity index (χ3n) is 4.93. The fourth-order valence-electron chi connectivity index (χ4n) is 3.29. The number of allylic oxidation sites excluding steroid dienone is 2. The average Bonchev–Trinajstić information content (AvgIpc) is 2.74. The van der Waals surface area contributed by atoms with Crippen LogP contribution in [0.5, 0.6) is 0 Å². The Labute approximate surface area is 165 Å². The van der Waals surface area contributed by atoms with Gasteiger partial charge in [0.1, 0.15) is 18.6 Å². The van der Waals surface area contributed by atoms with Gasteiger partial charge < -0.3 is 24.0 Å². The van der Waals surface area contributed by atoms with Crippen LogP contribution in [0, 0.1) is 0 Å². The summed E-state index contributed by atoms with van der Waals surface area (Å²) in [7, 11) is 1.36. The van der Waals surface area contributed by atoms with Gasteiger partial charge in [-0.3, -0.25) is 4.79 Å². The predicted octanol–water partition coefficient (Wildman–Crippen LogP) is 2.40. The molecule has 2 aliphatic rings. The number of carbonyl (C=O) groups is 2. The molecule has 0 unspecified atom stereocenters. The highest BCUT2D eigenvalue weighted by atomic mass is 16.5. The summed E-state index contributed by atoms with van der Waals surface area (Å²) in [6.07, 6.45) is 3.38. The van der Waals surface area contributed by atoms with Crippen molar-refractivity contribution in [1.29, 1.82) is 0 Å². The van der Waals surface area contributed by atoms with E-state index in [0.717, 1.165) is 24.1 Å². The molecule has 1 aromatic rings. The smallest absolute Gasteiger partial charge is 0.335 e. The number of amides is 1. The molecule has 2 aliphatic heterocycles. The molecule has 7 heteroatoms. The lowest BCUT2D eigenvalue weighted by Crippen LogP contribution is -2.47. The lowest BCUT2D eigenvalue weighted by atomic mass is 10.1. The van der Waals surface area contributed by atoms with Crippen LogP contribution in [0.15, 0.2) is 53.6 Å². The van der Waals surface area contributed by atoms with E-state index >= 15 is 0 Å². The van der Waals surface area contributed by atoms with Crippen LogP contribution < -0.4 is 0 Å². The number of ether oxygens (including phenoxy) is 3. The van der Waals surface area contributed by atoms with Crippen LogP contribution in [0.1, 0.15) is 25.3 Å². The van der Waals surface area contributed by atoms with Crippen molar-refractivity contribution in [1.82, 2.24) is 9.80 Å². The molecule has 3 rings (SSSR count). The molecule has 0 saturated carbocycles. The number of hydrogen-bond acceptors (Lipinski definition) is 6. The zero-order valence-corrected chi connectivity index (χ0v) is 16.3. The summed E-state index contributed by atoms with van der Waals surface area (Å²) < 4.78 is 16.7. The van der Waals surface area contributed by atoms with Crippen molar-refractivity contribution in [2.45, 2.75) is 32.6 Å². The van der Waals surface area contributed by atoms with Gasteiger partial charge in [-0.15, -0.1) is 0 Å². The molecule has 0 radical (unpaired) electrons. The molecule has 0 aliphatic carbocycles. The Kier molecular flexibility index (Phi) is 6.71. The Bertz CT molecular complexity index is 759. The summed E-state index contributed by atoms with van der Waals surface area (Å²) >= 11 is 0. The van der Waals surface area contributed by atoms with Crippen LogP contribution in [-0.4, -0.2) is 55.2 Å². The van der Waals surface area contributed by atoms with Crippen molar-refractivity contribution in [3.05, 3.63) is 59.1 Å². The minimum absolute atomic E-state index is 0.366. The maximum atomic E-state index is 12.2. The van der Waals surface area contributed by atoms with Gasteiger partial charge in [0.2, 0.25) is 6.41 Å². The van der Waals surface area contributed by atoms with E-state index in [4.69, 9.17) is 14.2 Å². The zero-order chi connectivity index (χ0) is 19.9. The van der Waals surface area contributed by atoms with Gasteiger partial charge in [-0.2, -0.15) is 0 Å². The Morgan fingerprint density at radius 3 is 2.82 bits per heavy atom. The van der Waals surface area contributed by atoms with Gasteiger partial charge >= 0.3 is 5.97 Å². The van der Waals surface area contributed by atoms with E-state index in [1.807, 2.05) is 42.2 Å². The molecule has 2 heterocycles. The van der Waals surface area contributed by atoms with Crippen molar-refractivity contribution in [3.63, 3.8) is 0 Å². The molecule has 7 nitrogen and oxygen atoms in total. The van der Waals surface area contributed by atoms with Gasteiger partial charge in [0.15, 0.2) is 0 Å². The molecular formula is C21H26N2O5. The lowest BCUT2D eigenvalue weighted by Gasteiger charge is -2.37. The Morgan fingerprint density at radius 2 is 2.11 bits per heavy atom. The second kappa shape index (κ2) is 9.41. The van der Waals surface area contributed by atoms with Crippen molar-refractivity contribution in [2.24, 2.45) is 0 Å². The first kappa shape index (κ1) is 19.9. The second-order valence-electron chi connectivity index (χ2n) is 6.78. The van der Waals surface area contributed by atoms with Crippen molar-refractivity contribution < 1.29 is 23.8 Å². The van der Waals surface area contributed by atoms with Gasteiger partial charge in [0.05, 0.1) is 31.5 Å². The first-order chi connectivity index (χ1) is 13.6. The third kappa shape index (κ3) is 4.72. The Morgan fingerprint density at radius 1 is 1.32 bits per heavy atom. The number of esters is 1. The highest BCUT2D eigenvalue weighted by Crippen LogP contribution is 2.28. The summed E-state index contributed by atoms with van der Waals surface area (Å²) in [5.41, 5.74) is 2.44. The quantitative estimate of drug-likeness (QED) is 0.530. The van der Waals surface area contributed by atoms with Gasteiger partial charge in [-0.25, -0.2) is 4.79 Å². The monoisotopic (exact) mass is 386 g/mol. The number of rotatable bonds is 7. The van der Waals surface area contributed by atoms with E-state index in [2.05, 4.69) is 0 Å². The van der Waals surface area contributed by atoms with E-state index in [1.54, 1.807) is 11.1 Å². The third-order valence-corrected chi connectivity index (χ3v) is 4.93. The Balaban J connectivity index is 1.78. The van der Waals surface area contributed by atoms with Crippen molar-refractivity contribution in [3.8, 4) is 0 Å². The predicted molar refractivity (Wildman–Crippen MR) is 102 cm³/mol. The standard InChI is InChI=1S/C21H26N2O5/c1-16-19(28-14-17-7-4-3-5-8-17)11-18(21(25)26-2)12-23(16)13-20-22(15-24)9-6-10-27-20/h3-5,7-8,12,15,20H,6,9-11,13-14H2,1-2H3/t20-/m0/s1. The van der Waals surface area contributed by atoms with E-state index in [1.165, 1.54) is 7.11 Å². The summed E-state index contributed by atoms with van der Waals surface area (Å²) in [5.74, 6) is 0.315. The van der Waals surface area contributed by atoms with Crippen molar-refractivity contribution >= 4 is 12.4 Å². The number of carbonyl (C=O) groups excluding carboxylic acids is 2. The molecule has 28 heavy (non-hydrogen) atoms. The fourth-order valence-corrected chi connectivity index (χ4v) is 3.29. The Hall–Kier alpha value is -2.80. The van der Waals surface area contributed by atoms with E-state index in [0.29, 0.717) is 44.1 Å². The SMILES string of the molecule is COC(=O)C1=CN(C[C@@H]2OCCCN2C=O)C(C)=C(OCc2ccccc2)C1. The molecule has 1 fully saturated rings. The highest BCUT2D eigenvalue weighted by Gasteiger charge is 2.29. The van der Waals surface area contributed by atoms with Gasteiger partial charge in [-0.05, 0) is 18.9 Å². The molecule has 1 amide bonds. The van der Waals surface area contributed by atoms with Crippen LogP contribution in [0.3, 0.4) is 0 Å². The largest absolute Gasteiger partial charge is 0.491 e. The van der Waals surface area contributed by atoms with E-state index < -0.39 is 5.97 Å². The minimum atomic E-state index is -0.393. The molecule has 0 N–H and O–H groups in total. The van der Waals surface area contributed by atoms with Crippen LogP contribution in [0.2, 0.25) is 0 Å². The average molecular weight is 386 g/mol. The molecule has 1 saturated heterocycles. The number of methoxy groups -OCH3 is 1. The number of benzene rings is 1. The number of nitrogens with zero attached hydrogens (tertiary/aromatic N) is 2. The fraction of sp³-hybridized carbons (Fsp3) is 0.429. The molecule has 0 spiro atoms. The normalized spacial score (nSPS) is 19.9. The number of hydrogen-bond donors (Lipinski definition) is 0. The van der Waals surface area contributed by atoms with E-state index in [9.17, 15) is 9.59 Å². The van der Waals surface area contributed by atoms with Crippen LogP contribution in [0.4, 0.5) is 0 Å². The summed E-state index contributed by atoms with van der Waals surface area (Å²) in [4.78, 5) is 27.0. The summed E-state index contributed by atoms with van der Waals surface area (Å²) in [6.45, 7) is 4.05. The first-order valence-electron chi connectivity index (χ1n) is 9.37. The van der Waals surface area contributed by atoms with Crippen LogP contribution >= 0.6 is 0 Å². The van der Waals surface area contributed by atoms with Crippen LogP contribution in [-0.2, 0) is 30.4 Å².